The fourth-order valence-corrected chi connectivity index (χ4v) is 2.36. The fourth-order valence-electron chi connectivity index (χ4n) is 1.98. The lowest BCUT2D eigenvalue weighted by Crippen LogP contribution is -1.94. The van der Waals surface area contributed by atoms with E-state index in [0.29, 0.717) is 32.9 Å². The molecule has 0 radical (unpaired) electrons. The Morgan fingerprint density at radius 2 is 2.04 bits per heavy atom. The predicted octanol–water partition coefficient (Wildman–Crippen LogP) is 5.00. The maximum Gasteiger partial charge on any atom is 0.287 e. The molecule has 0 spiro atoms. The zero-order valence-corrected chi connectivity index (χ0v) is 14.0. The molecule has 1 N–H and O–H groups in total. The van der Waals surface area contributed by atoms with E-state index in [1.165, 1.54) is 18.3 Å². The molecular weight excluding hydrogens is 367 g/mol. The van der Waals surface area contributed by atoms with Gasteiger partial charge in [0.2, 0.25) is 0 Å². The van der Waals surface area contributed by atoms with E-state index in [0.717, 1.165) is 6.20 Å². The highest BCUT2D eigenvalue weighted by Crippen LogP contribution is 2.31. The van der Waals surface area contributed by atoms with Crippen molar-refractivity contribution in [2.45, 2.75) is 0 Å². The summed E-state index contributed by atoms with van der Waals surface area (Å²) in [7, 11) is 0. The minimum absolute atomic E-state index is 0.0939. The first-order valence-electron chi connectivity index (χ1n) is 6.98. The third-order valence-corrected chi connectivity index (χ3v) is 3.71. The van der Waals surface area contributed by atoms with Crippen molar-refractivity contribution in [3.8, 4) is 11.3 Å². The van der Waals surface area contributed by atoms with Crippen molar-refractivity contribution in [2.75, 3.05) is 5.43 Å². The van der Waals surface area contributed by atoms with E-state index in [2.05, 4.69) is 15.5 Å². The number of nitrogens with one attached hydrogen (secondary N) is 1. The van der Waals surface area contributed by atoms with E-state index in [1.54, 1.807) is 30.3 Å². The third-order valence-electron chi connectivity index (χ3n) is 3.15. The van der Waals surface area contributed by atoms with Crippen LogP contribution in [0, 0.1) is 10.1 Å². The normalized spacial score (nSPS) is 11.0. The van der Waals surface area contributed by atoms with Gasteiger partial charge in [-0.25, -0.2) is 4.98 Å². The lowest BCUT2D eigenvalue weighted by Gasteiger charge is -2.01. The number of furan rings is 1. The van der Waals surface area contributed by atoms with Crippen molar-refractivity contribution in [3.05, 3.63) is 74.6 Å². The molecule has 126 valence electrons. The lowest BCUT2D eigenvalue weighted by molar-refractivity contribution is -0.385. The second-order valence-corrected chi connectivity index (χ2v) is 5.70. The van der Waals surface area contributed by atoms with E-state index in [-0.39, 0.29) is 5.69 Å². The van der Waals surface area contributed by atoms with Crippen molar-refractivity contribution < 1.29 is 9.34 Å². The number of anilines is 1. The number of hydrazone groups is 1. The second kappa shape index (κ2) is 7.33. The van der Waals surface area contributed by atoms with Gasteiger partial charge < -0.3 is 4.42 Å². The smallest absolute Gasteiger partial charge is 0.287 e. The molecule has 7 nitrogen and oxygen atoms in total. The summed E-state index contributed by atoms with van der Waals surface area (Å²) in [5.41, 5.74) is 3.24. The zero-order chi connectivity index (χ0) is 17.8. The highest BCUT2D eigenvalue weighted by molar-refractivity contribution is 6.35. The van der Waals surface area contributed by atoms with Crippen LogP contribution >= 0.6 is 23.2 Å². The van der Waals surface area contributed by atoms with E-state index >= 15 is 0 Å². The van der Waals surface area contributed by atoms with Gasteiger partial charge in [0.05, 0.1) is 16.2 Å². The Balaban J connectivity index is 1.69. The van der Waals surface area contributed by atoms with Crippen molar-refractivity contribution >= 4 is 40.9 Å². The minimum Gasteiger partial charge on any atom is -0.455 e. The summed E-state index contributed by atoms with van der Waals surface area (Å²) < 4.78 is 5.65. The Hall–Kier alpha value is -2.90. The SMILES string of the molecule is O=[N+]([O-])c1ccc(N/N=C/c2ccc(-c3cc(Cl)ccc3Cl)o2)nc1. The number of nitrogens with zero attached hydrogens (tertiary/aromatic N) is 3. The van der Waals surface area contributed by atoms with E-state index < -0.39 is 4.92 Å². The van der Waals surface area contributed by atoms with E-state index in [1.807, 2.05) is 0 Å². The molecule has 0 aliphatic carbocycles. The predicted molar refractivity (Wildman–Crippen MR) is 96.3 cm³/mol. The average molecular weight is 377 g/mol. The first kappa shape index (κ1) is 16.9. The van der Waals surface area contributed by atoms with Crippen LogP contribution in [0.1, 0.15) is 5.76 Å². The molecule has 0 amide bonds. The molecule has 0 aliphatic heterocycles. The number of hydrogen-bond donors (Lipinski definition) is 1. The van der Waals surface area contributed by atoms with Crippen LogP contribution in [0.4, 0.5) is 11.5 Å². The molecule has 0 fully saturated rings. The molecular formula is C16H10Cl2N4O3. The van der Waals surface area contributed by atoms with Gasteiger partial charge in [-0.2, -0.15) is 5.10 Å². The molecule has 0 unspecified atom stereocenters. The molecule has 3 aromatic rings. The van der Waals surface area contributed by atoms with Crippen molar-refractivity contribution in [3.63, 3.8) is 0 Å². The Morgan fingerprint density at radius 3 is 2.76 bits per heavy atom. The highest BCUT2D eigenvalue weighted by atomic mass is 35.5. The second-order valence-electron chi connectivity index (χ2n) is 4.85. The van der Waals surface area contributed by atoms with Crippen LogP contribution in [0.25, 0.3) is 11.3 Å². The quantitative estimate of drug-likeness (QED) is 0.384. The number of nitro groups is 1. The molecule has 1 aromatic carbocycles. The Labute approximate surface area is 152 Å². The molecule has 2 heterocycles. The lowest BCUT2D eigenvalue weighted by atomic mass is 10.2. The van der Waals surface area contributed by atoms with Gasteiger partial charge in [0.15, 0.2) is 0 Å². The summed E-state index contributed by atoms with van der Waals surface area (Å²) in [5.74, 6) is 1.41. The van der Waals surface area contributed by atoms with E-state index in [9.17, 15) is 10.1 Å². The number of aromatic nitrogens is 1. The van der Waals surface area contributed by atoms with Crippen LogP contribution < -0.4 is 5.43 Å². The molecule has 0 atom stereocenters. The summed E-state index contributed by atoms with van der Waals surface area (Å²) in [6, 6.07) is 11.4. The van der Waals surface area contributed by atoms with Crippen molar-refractivity contribution in [2.24, 2.45) is 5.10 Å². The van der Waals surface area contributed by atoms with Crippen LogP contribution in [-0.4, -0.2) is 16.1 Å². The average Bonchev–Trinajstić information content (AvgIpc) is 3.06. The van der Waals surface area contributed by atoms with Crippen LogP contribution in [0.3, 0.4) is 0 Å². The maximum absolute atomic E-state index is 10.6. The molecule has 25 heavy (non-hydrogen) atoms. The van der Waals surface area contributed by atoms with Gasteiger partial charge in [-0.05, 0) is 36.4 Å². The molecule has 0 bridgehead atoms. The largest absolute Gasteiger partial charge is 0.455 e. The minimum atomic E-state index is -0.522. The summed E-state index contributed by atoms with van der Waals surface area (Å²) >= 11 is 12.1. The van der Waals surface area contributed by atoms with Gasteiger partial charge in [-0.15, -0.1) is 0 Å². The first-order chi connectivity index (χ1) is 12.0. The summed E-state index contributed by atoms with van der Waals surface area (Å²) in [6.07, 6.45) is 2.59. The molecule has 0 aliphatic rings. The summed E-state index contributed by atoms with van der Waals surface area (Å²) in [6.45, 7) is 0. The maximum atomic E-state index is 10.6. The third kappa shape index (κ3) is 4.14. The number of halogens is 2. The van der Waals surface area contributed by atoms with Crippen molar-refractivity contribution in [1.29, 1.82) is 0 Å². The fraction of sp³-hybridized carbons (Fsp3) is 0. The van der Waals surface area contributed by atoms with Crippen molar-refractivity contribution in [1.82, 2.24) is 4.98 Å². The van der Waals surface area contributed by atoms with Crippen LogP contribution in [0.15, 0.2) is 58.2 Å². The number of pyridine rings is 1. The van der Waals surface area contributed by atoms with Gasteiger partial charge in [-0.1, -0.05) is 23.2 Å². The highest BCUT2D eigenvalue weighted by Gasteiger charge is 2.09. The van der Waals surface area contributed by atoms with Gasteiger partial charge in [0.25, 0.3) is 5.69 Å². The van der Waals surface area contributed by atoms with Gasteiger partial charge in [0, 0.05) is 16.7 Å². The Kier molecular flexibility index (Phi) is 4.97. The van der Waals surface area contributed by atoms with Gasteiger partial charge >= 0.3 is 0 Å². The zero-order valence-electron chi connectivity index (χ0n) is 12.5. The Morgan fingerprint density at radius 1 is 1.20 bits per heavy atom. The van der Waals surface area contributed by atoms with Gasteiger partial charge in [-0.3, -0.25) is 15.5 Å². The standard InChI is InChI=1S/C16H10Cl2N4O3/c17-10-1-4-14(18)13(7-10)15-5-3-12(25-15)9-20-21-16-6-2-11(8-19-16)22(23)24/h1-9H,(H,19,21)/b20-9+. The van der Waals surface area contributed by atoms with E-state index in [4.69, 9.17) is 27.6 Å². The molecule has 2 aromatic heterocycles. The van der Waals surface area contributed by atoms with Gasteiger partial charge in [0.1, 0.15) is 23.5 Å². The molecule has 0 saturated carbocycles. The summed E-state index contributed by atoms with van der Waals surface area (Å²) in [4.78, 5) is 13.9. The number of rotatable bonds is 5. The van der Waals surface area contributed by atoms with Crippen LogP contribution in [0.2, 0.25) is 10.0 Å². The molecule has 3 rings (SSSR count). The monoisotopic (exact) mass is 376 g/mol. The Bertz CT molecular complexity index is 939. The molecule has 9 heteroatoms. The molecule has 0 saturated heterocycles. The first-order valence-corrected chi connectivity index (χ1v) is 7.73. The summed E-state index contributed by atoms with van der Waals surface area (Å²) in [5, 5.41) is 15.6. The number of hydrogen-bond acceptors (Lipinski definition) is 6. The van der Waals surface area contributed by atoms with Crippen LogP contribution in [0.5, 0.6) is 0 Å². The topological polar surface area (TPSA) is 93.6 Å². The number of benzene rings is 1. The van der Waals surface area contributed by atoms with Crippen LogP contribution in [-0.2, 0) is 0 Å².